The van der Waals surface area contributed by atoms with Gasteiger partial charge in [0.25, 0.3) is 0 Å². The fraction of sp³-hybridized carbons (Fsp3) is 0.200. The second kappa shape index (κ2) is 8.41. The summed E-state index contributed by atoms with van der Waals surface area (Å²) in [6, 6.07) is 22.8. The lowest BCUT2D eigenvalue weighted by Crippen LogP contribution is -2.28. The molecule has 1 aliphatic rings. The fourth-order valence-electron chi connectivity index (χ4n) is 3.63. The zero-order valence-electron chi connectivity index (χ0n) is 17.1. The minimum atomic E-state index is -0.375. The summed E-state index contributed by atoms with van der Waals surface area (Å²) < 4.78 is 5.89. The van der Waals surface area contributed by atoms with Crippen LogP contribution in [0.3, 0.4) is 0 Å². The fourth-order valence-corrected chi connectivity index (χ4v) is 3.63. The Morgan fingerprint density at radius 2 is 1.60 bits per heavy atom. The Bertz CT molecular complexity index is 1080. The summed E-state index contributed by atoms with van der Waals surface area (Å²) in [7, 11) is 0. The molecule has 1 atom stereocenters. The number of amides is 2. The first-order valence-electron chi connectivity index (χ1n) is 10.0. The zero-order valence-corrected chi connectivity index (χ0v) is 17.1. The molecule has 2 amide bonds. The van der Waals surface area contributed by atoms with E-state index >= 15 is 0 Å². The van der Waals surface area contributed by atoms with Gasteiger partial charge in [0, 0.05) is 24.3 Å². The van der Waals surface area contributed by atoms with Gasteiger partial charge in [0.1, 0.15) is 11.5 Å². The van der Waals surface area contributed by atoms with E-state index in [1.54, 1.807) is 17.0 Å². The third-order valence-corrected chi connectivity index (χ3v) is 5.35. The highest BCUT2D eigenvalue weighted by Crippen LogP contribution is 2.29. The number of aryl methyl sites for hydroxylation is 2. The first-order valence-corrected chi connectivity index (χ1v) is 10.0. The summed E-state index contributed by atoms with van der Waals surface area (Å²) in [4.78, 5) is 26.9. The second-order valence-corrected chi connectivity index (χ2v) is 7.57. The van der Waals surface area contributed by atoms with Gasteiger partial charge in [-0.2, -0.15) is 0 Å². The molecule has 0 aromatic heterocycles. The molecule has 0 bridgehead atoms. The number of anilines is 2. The average molecular weight is 400 g/mol. The van der Waals surface area contributed by atoms with Crippen LogP contribution >= 0.6 is 0 Å². The average Bonchev–Trinajstić information content (AvgIpc) is 3.13. The molecule has 152 valence electrons. The number of nitrogens with zero attached hydrogens (tertiary/aromatic N) is 1. The molecule has 30 heavy (non-hydrogen) atoms. The smallest absolute Gasteiger partial charge is 0.229 e. The number of hydrogen-bond acceptors (Lipinski definition) is 3. The van der Waals surface area contributed by atoms with Crippen LogP contribution in [0.5, 0.6) is 11.5 Å². The van der Waals surface area contributed by atoms with Crippen molar-refractivity contribution in [3.63, 3.8) is 0 Å². The molecule has 0 unspecified atom stereocenters. The van der Waals surface area contributed by atoms with Crippen molar-refractivity contribution in [2.24, 2.45) is 5.92 Å². The van der Waals surface area contributed by atoms with E-state index < -0.39 is 0 Å². The van der Waals surface area contributed by atoms with Crippen molar-refractivity contribution in [1.82, 2.24) is 0 Å². The van der Waals surface area contributed by atoms with Crippen molar-refractivity contribution in [3.8, 4) is 11.5 Å². The molecular weight excluding hydrogens is 376 g/mol. The van der Waals surface area contributed by atoms with Crippen LogP contribution in [0.15, 0.2) is 72.8 Å². The summed E-state index contributed by atoms with van der Waals surface area (Å²) in [6.45, 7) is 4.35. The molecule has 0 spiro atoms. The van der Waals surface area contributed by atoms with E-state index in [2.05, 4.69) is 5.32 Å². The monoisotopic (exact) mass is 400 g/mol. The third-order valence-electron chi connectivity index (χ3n) is 5.35. The third kappa shape index (κ3) is 4.20. The Morgan fingerprint density at radius 1 is 0.933 bits per heavy atom. The first kappa shape index (κ1) is 19.7. The van der Waals surface area contributed by atoms with Gasteiger partial charge in [-0.3, -0.25) is 9.59 Å². The summed E-state index contributed by atoms with van der Waals surface area (Å²) >= 11 is 0. The SMILES string of the molecule is Cc1ccccc1Oc1ccc(NC(=O)[C@@H]2CC(=O)N(c3ccccc3C)C2)cc1. The van der Waals surface area contributed by atoms with Gasteiger partial charge in [0.05, 0.1) is 5.92 Å². The van der Waals surface area contributed by atoms with Gasteiger partial charge in [-0.25, -0.2) is 0 Å². The summed E-state index contributed by atoms with van der Waals surface area (Å²) in [5, 5.41) is 2.92. The summed E-state index contributed by atoms with van der Waals surface area (Å²) in [5.41, 5.74) is 3.63. The molecule has 0 saturated carbocycles. The van der Waals surface area contributed by atoms with Crippen molar-refractivity contribution >= 4 is 23.2 Å². The summed E-state index contributed by atoms with van der Waals surface area (Å²) in [5.74, 6) is 0.956. The molecule has 1 N–H and O–H groups in total. The maximum absolute atomic E-state index is 12.7. The highest BCUT2D eigenvalue weighted by atomic mass is 16.5. The number of rotatable bonds is 5. The molecule has 1 fully saturated rings. The second-order valence-electron chi connectivity index (χ2n) is 7.57. The molecule has 4 rings (SSSR count). The van der Waals surface area contributed by atoms with E-state index in [4.69, 9.17) is 4.74 Å². The van der Waals surface area contributed by atoms with Crippen LogP contribution in [0, 0.1) is 19.8 Å². The molecule has 5 heteroatoms. The molecule has 5 nitrogen and oxygen atoms in total. The molecule has 1 heterocycles. The van der Waals surface area contributed by atoms with E-state index in [9.17, 15) is 9.59 Å². The number of nitrogens with one attached hydrogen (secondary N) is 1. The lowest BCUT2D eigenvalue weighted by molar-refractivity contribution is -0.122. The predicted octanol–water partition coefficient (Wildman–Crippen LogP) is 5.09. The Hall–Kier alpha value is -3.60. The maximum atomic E-state index is 12.7. The molecule has 1 aliphatic heterocycles. The van der Waals surface area contributed by atoms with Crippen LogP contribution < -0.4 is 15.0 Å². The lowest BCUT2D eigenvalue weighted by atomic mass is 10.1. The van der Waals surface area contributed by atoms with Crippen molar-refractivity contribution in [2.45, 2.75) is 20.3 Å². The van der Waals surface area contributed by atoms with Crippen molar-refractivity contribution in [3.05, 3.63) is 83.9 Å². The van der Waals surface area contributed by atoms with Crippen LogP contribution in [-0.4, -0.2) is 18.4 Å². The maximum Gasteiger partial charge on any atom is 0.229 e. The Balaban J connectivity index is 1.39. The predicted molar refractivity (Wildman–Crippen MR) is 118 cm³/mol. The standard InChI is InChI=1S/C25H24N2O3/c1-17-7-3-5-9-22(17)27-16-19(15-24(27)28)25(29)26-20-11-13-21(14-12-20)30-23-10-6-4-8-18(23)2/h3-14,19H,15-16H2,1-2H3,(H,26,29)/t19-/m1/s1. The van der Waals surface area contributed by atoms with Gasteiger partial charge >= 0.3 is 0 Å². The normalized spacial score (nSPS) is 15.9. The van der Waals surface area contributed by atoms with E-state index in [1.807, 2.05) is 74.5 Å². The van der Waals surface area contributed by atoms with Crippen LogP contribution in [0.4, 0.5) is 11.4 Å². The quantitative estimate of drug-likeness (QED) is 0.649. The van der Waals surface area contributed by atoms with E-state index in [0.29, 0.717) is 18.0 Å². The van der Waals surface area contributed by atoms with Crippen molar-refractivity contribution in [2.75, 3.05) is 16.8 Å². The molecule has 0 aliphatic carbocycles. The molecule has 3 aromatic carbocycles. The zero-order chi connectivity index (χ0) is 21.1. The number of ether oxygens (including phenoxy) is 1. The highest BCUT2D eigenvalue weighted by Gasteiger charge is 2.35. The van der Waals surface area contributed by atoms with E-state index in [0.717, 1.165) is 22.6 Å². The number of para-hydroxylation sites is 2. The topological polar surface area (TPSA) is 58.6 Å². The van der Waals surface area contributed by atoms with Crippen molar-refractivity contribution < 1.29 is 14.3 Å². The number of carbonyl (C=O) groups is 2. The summed E-state index contributed by atoms with van der Waals surface area (Å²) in [6.07, 6.45) is 0.217. The highest BCUT2D eigenvalue weighted by molar-refractivity contribution is 6.03. The number of benzene rings is 3. The first-order chi connectivity index (χ1) is 14.5. The Morgan fingerprint density at radius 3 is 2.30 bits per heavy atom. The number of hydrogen-bond donors (Lipinski definition) is 1. The van der Waals surface area contributed by atoms with Gasteiger partial charge in [0.15, 0.2) is 0 Å². The van der Waals surface area contributed by atoms with E-state index in [1.165, 1.54) is 0 Å². The van der Waals surface area contributed by atoms with Gasteiger partial charge < -0.3 is 15.0 Å². The molecule has 0 radical (unpaired) electrons. The Labute approximate surface area is 176 Å². The van der Waals surface area contributed by atoms with Gasteiger partial charge in [0.2, 0.25) is 11.8 Å². The van der Waals surface area contributed by atoms with Crippen molar-refractivity contribution in [1.29, 1.82) is 0 Å². The van der Waals surface area contributed by atoms with Crippen LogP contribution in [0.1, 0.15) is 17.5 Å². The molecule has 3 aromatic rings. The molecule has 1 saturated heterocycles. The minimum absolute atomic E-state index is 0.0218. The van der Waals surface area contributed by atoms with E-state index in [-0.39, 0.29) is 24.2 Å². The minimum Gasteiger partial charge on any atom is -0.457 e. The molecular formula is C25H24N2O3. The lowest BCUT2D eigenvalue weighted by Gasteiger charge is -2.19. The largest absolute Gasteiger partial charge is 0.457 e. The van der Waals surface area contributed by atoms with Crippen LogP contribution in [-0.2, 0) is 9.59 Å². The van der Waals surface area contributed by atoms with Gasteiger partial charge in [-0.1, -0.05) is 36.4 Å². The van der Waals surface area contributed by atoms with Crippen LogP contribution in [0.25, 0.3) is 0 Å². The Kier molecular flexibility index (Phi) is 5.53. The van der Waals surface area contributed by atoms with Gasteiger partial charge in [-0.15, -0.1) is 0 Å². The van der Waals surface area contributed by atoms with Crippen LogP contribution in [0.2, 0.25) is 0 Å². The van der Waals surface area contributed by atoms with Gasteiger partial charge in [-0.05, 0) is 61.4 Å². The number of carbonyl (C=O) groups excluding carboxylic acids is 2.